The van der Waals surface area contributed by atoms with E-state index in [1.807, 2.05) is 4.90 Å². The number of ether oxygens (including phenoxy) is 1. The fraction of sp³-hybridized carbons (Fsp3) is 0.588. The average molecular weight is 327 g/mol. The second-order valence-corrected chi connectivity index (χ2v) is 5.97. The number of aryl methyl sites for hydroxylation is 2. The van der Waals surface area contributed by atoms with Crippen LogP contribution >= 0.6 is 12.4 Å². The second kappa shape index (κ2) is 8.51. The summed E-state index contributed by atoms with van der Waals surface area (Å²) in [6.07, 6.45) is 2.40. The lowest BCUT2D eigenvalue weighted by molar-refractivity contribution is -0.134. The van der Waals surface area contributed by atoms with E-state index < -0.39 is 0 Å². The largest absolute Gasteiger partial charge is 0.380 e. The number of hydrogen-bond donors (Lipinski definition) is 1. The number of nitrogens with two attached hydrogens (primary N) is 1. The van der Waals surface area contributed by atoms with E-state index >= 15 is 0 Å². The number of carbonyl (C=O) groups excluding carboxylic acids is 1. The minimum Gasteiger partial charge on any atom is -0.380 e. The molecule has 1 atom stereocenters. The van der Waals surface area contributed by atoms with Gasteiger partial charge in [-0.2, -0.15) is 0 Å². The minimum atomic E-state index is -0.182. The third kappa shape index (κ3) is 4.97. The Morgan fingerprint density at radius 3 is 2.55 bits per heavy atom. The zero-order valence-electron chi connectivity index (χ0n) is 13.7. The van der Waals surface area contributed by atoms with Crippen molar-refractivity contribution in [3.63, 3.8) is 0 Å². The molecule has 5 heteroatoms. The number of rotatable bonds is 7. The Balaban J connectivity index is 0.00000242. The summed E-state index contributed by atoms with van der Waals surface area (Å²) in [4.78, 5) is 14.5. The standard InChI is InChI=1S/C17H26N2O2.ClH/c1-12-4-5-14(8-13(12)2)11-19(15-6-7-15)17(20)9-16(10-18)21-3;/h4-5,8,15-16H,6-7,9-11,18H2,1-3H3;1H. The Morgan fingerprint density at radius 1 is 1.36 bits per heavy atom. The molecule has 124 valence electrons. The smallest absolute Gasteiger partial charge is 0.225 e. The molecule has 0 aliphatic heterocycles. The first-order valence-corrected chi connectivity index (χ1v) is 7.63. The van der Waals surface area contributed by atoms with Gasteiger partial charge >= 0.3 is 0 Å². The van der Waals surface area contributed by atoms with Crippen molar-refractivity contribution >= 4 is 18.3 Å². The fourth-order valence-corrected chi connectivity index (χ4v) is 2.48. The van der Waals surface area contributed by atoms with Crippen LogP contribution in [0, 0.1) is 13.8 Å². The SMILES string of the molecule is COC(CN)CC(=O)N(Cc1ccc(C)c(C)c1)C1CC1.Cl. The molecule has 4 nitrogen and oxygen atoms in total. The van der Waals surface area contributed by atoms with Crippen molar-refractivity contribution < 1.29 is 9.53 Å². The molecule has 22 heavy (non-hydrogen) atoms. The van der Waals surface area contributed by atoms with Gasteiger partial charge in [0, 0.05) is 26.2 Å². The molecule has 1 amide bonds. The van der Waals surface area contributed by atoms with Crippen molar-refractivity contribution in [2.45, 2.75) is 51.8 Å². The summed E-state index contributed by atoms with van der Waals surface area (Å²) >= 11 is 0. The van der Waals surface area contributed by atoms with Crippen molar-refractivity contribution in [3.05, 3.63) is 34.9 Å². The van der Waals surface area contributed by atoms with Gasteiger partial charge in [-0.3, -0.25) is 4.79 Å². The van der Waals surface area contributed by atoms with Gasteiger partial charge in [0.2, 0.25) is 5.91 Å². The van der Waals surface area contributed by atoms with Gasteiger partial charge in [0.1, 0.15) is 0 Å². The van der Waals surface area contributed by atoms with Crippen molar-refractivity contribution in [3.8, 4) is 0 Å². The number of carbonyl (C=O) groups is 1. The molecule has 0 saturated heterocycles. The van der Waals surface area contributed by atoms with Crippen LogP contribution in [0.2, 0.25) is 0 Å². The van der Waals surface area contributed by atoms with Crippen LogP contribution in [0.5, 0.6) is 0 Å². The number of halogens is 1. The number of hydrogen-bond acceptors (Lipinski definition) is 3. The maximum atomic E-state index is 12.5. The Labute approximate surface area is 139 Å². The highest BCUT2D eigenvalue weighted by Crippen LogP contribution is 2.29. The molecule has 1 unspecified atom stereocenters. The third-order valence-electron chi connectivity index (χ3n) is 4.23. The van der Waals surface area contributed by atoms with E-state index in [1.165, 1.54) is 16.7 Å². The van der Waals surface area contributed by atoms with E-state index in [0.29, 0.717) is 25.6 Å². The Hall–Kier alpha value is -1.10. The van der Waals surface area contributed by atoms with Crippen LogP contribution in [0.1, 0.15) is 36.0 Å². The highest BCUT2D eigenvalue weighted by Gasteiger charge is 2.33. The molecule has 0 spiro atoms. The number of amides is 1. The van der Waals surface area contributed by atoms with E-state index in [9.17, 15) is 4.79 Å². The molecule has 1 fully saturated rings. The molecule has 1 aromatic carbocycles. The minimum absolute atomic E-state index is 0. The van der Waals surface area contributed by atoms with Crippen molar-refractivity contribution in [2.75, 3.05) is 13.7 Å². The topological polar surface area (TPSA) is 55.6 Å². The molecule has 1 saturated carbocycles. The Morgan fingerprint density at radius 2 is 2.05 bits per heavy atom. The van der Waals surface area contributed by atoms with Gasteiger partial charge < -0.3 is 15.4 Å². The first-order chi connectivity index (χ1) is 10.0. The molecule has 1 aromatic rings. The zero-order valence-corrected chi connectivity index (χ0v) is 14.5. The van der Waals surface area contributed by atoms with Crippen molar-refractivity contribution in [1.82, 2.24) is 4.90 Å². The van der Waals surface area contributed by atoms with Crippen LogP contribution in [0.25, 0.3) is 0 Å². The lowest BCUT2D eigenvalue weighted by Crippen LogP contribution is -2.37. The first kappa shape index (κ1) is 18.9. The molecule has 1 aliphatic rings. The van der Waals surface area contributed by atoms with Gasteiger partial charge in [0.15, 0.2) is 0 Å². The van der Waals surface area contributed by atoms with Crippen LogP contribution in [0.3, 0.4) is 0 Å². The molecule has 0 bridgehead atoms. The van der Waals surface area contributed by atoms with Crippen LogP contribution in [-0.2, 0) is 16.1 Å². The molecule has 0 aromatic heterocycles. The van der Waals surface area contributed by atoms with Crippen molar-refractivity contribution in [2.24, 2.45) is 5.73 Å². The summed E-state index contributed by atoms with van der Waals surface area (Å²) in [7, 11) is 1.61. The van der Waals surface area contributed by atoms with Gasteiger partial charge in [-0.25, -0.2) is 0 Å². The van der Waals surface area contributed by atoms with Gasteiger partial charge in [-0.05, 0) is 43.4 Å². The number of nitrogens with zero attached hydrogens (tertiary/aromatic N) is 1. The summed E-state index contributed by atoms with van der Waals surface area (Å²) in [6.45, 7) is 5.28. The molecule has 0 heterocycles. The van der Waals surface area contributed by atoms with E-state index in [1.54, 1.807) is 7.11 Å². The van der Waals surface area contributed by atoms with Crippen molar-refractivity contribution in [1.29, 1.82) is 0 Å². The van der Waals surface area contributed by atoms with Gasteiger partial charge in [0.25, 0.3) is 0 Å². The van der Waals surface area contributed by atoms with Crippen LogP contribution in [-0.4, -0.2) is 36.6 Å². The highest BCUT2D eigenvalue weighted by atomic mass is 35.5. The molecule has 0 radical (unpaired) electrons. The normalized spacial score (nSPS) is 15.1. The molecular formula is C17H27ClN2O2. The van der Waals surface area contributed by atoms with Crippen LogP contribution in [0.4, 0.5) is 0 Å². The summed E-state index contributed by atoms with van der Waals surface area (Å²) in [5, 5.41) is 0. The maximum absolute atomic E-state index is 12.5. The average Bonchev–Trinajstić information content (AvgIpc) is 3.30. The fourth-order valence-electron chi connectivity index (χ4n) is 2.48. The van der Waals surface area contributed by atoms with E-state index in [-0.39, 0.29) is 24.4 Å². The Kier molecular flexibility index (Phi) is 7.33. The summed E-state index contributed by atoms with van der Waals surface area (Å²) < 4.78 is 5.23. The predicted octanol–water partition coefficient (Wildman–Crippen LogP) is 2.58. The second-order valence-electron chi connectivity index (χ2n) is 5.97. The van der Waals surface area contributed by atoms with E-state index in [0.717, 1.165) is 12.8 Å². The molecule has 2 N–H and O–H groups in total. The molecular weight excluding hydrogens is 300 g/mol. The van der Waals surface area contributed by atoms with Crippen LogP contribution < -0.4 is 5.73 Å². The zero-order chi connectivity index (χ0) is 15.4. The number of benzene rings is 1. The molecule has 1 aliphatic carbocycles. The predicted molar refractivity (Wildman–Crippen MR) is 91.2 cm³/mol. The highest BCUT2D eigenvalue weighted by molar-refractivity contribution is 5.85. The lowest BCUT2D eigenvalue weighted by Gasteiger charge is -2.25. The van der Waals surface area contributed by atoms with E-state index in [2.05, 4.69) is 32.0 Å². The summed E-state index contributed by atoms with van der Waals surface area (Å²) in [5.74, 6) is 0.146. The Bertz CT molecular complexity index is 499. The van der Waals surface area contributed by atoms with Gasteiger partial charge in [-0.15, -0.1) is 12.4 Å². The molecule has 2 rings (SSSR count). The lowest BCUT2D eigenvalue weighted by atomic mass is 10.1. The summed E-state index contributed by atoms with van der Waals surface area (Å²) in [6, 6.07) is 6.81. The first-order valence-electron chi connectivity index (χ1n) is 7.63. The van der Waals surface area contributed by atoms with Gasteiger partial charge in [0.05, 0.1) is 12.5 Å². The summed E-state index contributed by atoms with van der Waals surface area (Å²) in [5.41, 5.74) is 9.37. The quantitative estimate of drug-likeness (QED) is 0.838. The van der Waals surface area contributed by atoms with Crippen LogP contribution in [0.15, 0.2) is 18.2 Å². The maximum Gasteiger partial charge on any atom is 0.225 e. The third-order valence-corrected chi connectivity index (χ3v) is 4.23. The van der Waals surface area contributed by atoms with Gasteiger partial charge in [-0.1, -0.05) is 18.2 Å². The monoisotopic (exact) mass is 326 g/mol. The van der Waals surface area contributed by atoms with E-state index in [4.69, 9.17) is 10.5 Å². The number of methoxy groups -OCH3 is 1.